The maximum absolute atomic E-state index is 3.67. The lowest BCUT2D eigenvalue weighted by molar-refractivity contribution is 0.0747. The van der Waals surface area contributed by atoms with E-state index in [9.17, 15) is 0 Å². The third-order valence-electron chi connectivity index (χ3n) is 4.74. The second-order valence-electron chi connectivity index (χ2n) is 7.13. The highest BCUT2D eigenvalue weighted by molar-refractivity contribution is 4.84. The molecule has 0 radical (unpaired) electrons. The molecule has 1 saturated carbocycles. The van der Waals surface area contributed by atoms with Crippen LogP contribution in [0, 0.1) is 11.8 Å². The molecule has 0 spiro atoms. The molecular weight excluding hydrogens is 234 g/mol. The number of hydrogen-bond donors (Lipinski definition) is 1. The van der Waals surface area contributed by atoms with Gasteiger partial charge in [-0.3, -0.25) is 4.90 Å². The Morgan fingerprint density at radius 2 is 1.63 bits per heavy atom. The van der Waals surface area contributed by atoms with Crippen LogP contribution in [0.4, 0.5) is 0 Å². The van der Waals surface area contributed by atoms with Crippen molar-refractivity contribution in [3.63, 3.8) is 0 Å². The van der Waals surface area contributed by atoms with Crippen molar-refractivity contribution in [3.05, 3.63) is 0 Å². The lowest BCUT2D eigenvalue weighted by Crippen LogP contribution is -2.52. The zero-order valence-corrected chi connectivity index (χ0v) is 13.4. The Bertz CT molecular complexity index is 255. The SMILES string of the molecule is CC(C)CN1CCN(C(C)C(C)CNC2CC2)CC1. The van der Waals surface area contributed by atoms with Crippen LogP contribution in [-0.2, 0) is 0 Å². The number of nitrogens with one attached hydrogen (secondary N) is 1. The van der Waals surface area contributed by atoms with Crippen LogP contribution in [-0.4, -0.2) is 61.2 Å². The summed E-state index contributed by atoms with van der Waals surface area (Å²) in [6.45, 7) is 16.9. The highest BCUT2D eigenvalue weighted by Crippen LogP contribution is 2.20. The largest absolute Gasteiger partial charge is 0.314 e. The van der Waals surface area contributed by atoms with E-state index in [0.717, 1.165) is 17.9 Å². The summed E-state index contributed by atoms with van der Waals surface area (Å²) in [6.07, 6.45) is 2.80. The van der Waals surface area contributed by atoms with Gasteiger partial charge in [0.2, 0.25) is 0 Å². The summed E-state index contributed by atoms with van der Waals surface area (Å²) in [5.41, 5.74) is 0. The Kier molecular flexibility index (Phi) is 5.67. The molecule has 1 N–H and O–H groups in total. The van der Waals surface area contributed by atoms with E-state index in [2.05, 4.69) is 42.8 Å². The summed E-state index contributed by atoms with van der Waals surface area (Å²) in [4.78, 5) is 5.32. The maximum Gasteiger partial charge on any atom is 0.0113 e. The van der Waals surface area contributed by atoms with E-state index >= 15 is 0 Å². The number of piperazine rings is 1. The summed E-state index contributed by atoms with van der Waals surface area (Å²) in [5.74, 6) is 1.56. The Hall–Kier alpha value is -0.120. The highest BCUT2D eigenvalue weighted by Gasteiger charge is 2.26. The van der Waals surface area contributed by atoms with Crippen molar-refractivity contribution in [2.24, 2.45) is 11.8 Å². The molecule has 0 aromatic rings. The monoisotopic (exact) mass is 267 g/mol. The van der Waals surface area contributed by atoms with Crippen LogP contribution in [0.3, 0.4) is 0 Å². The summed E-state index contributed by atoms with van der Waals surface area (Å²) < 4.78 is 0. The van der Waals surface area contributed by atoms with Gasteiger partial charge in [0, 0.05) is 44.8 Å². The molecule has 2 atom stereocenters. The molecule has 2 aliphatic rings. The molecule has 0 aromatic heterocycles. The first-order valence-corrected chi connectivity index (χ1v) is 8.26. The van der Waals surface area contributed by atoms with Gasteiger partial charge in [0.05, 0.1) is 0 Å². The molecule has 3 heteroatoms. The molecule has 2 rings (SSSR count). The van der Waals surface area contributed by atoms with E-state index in [0.29, 0.717) is 6.04 Å². The van der Waals surface area contributed by atoms with Gasteiger partial charge >= 0.3 is 0 Å². The molecular formula is C16H33N3. The molecule has 19 heavy (non-hydrogen) atoms. The average Bonchev–Trinajstić information content (AvgIpc) is 3.19. The predicted molar refractivity (Wildman–Crippen MR) is 82.5 cm³/mol. The lowest BCUT2D eigenvalue weighted by Gasteiger charge is -2.40. The van der Waals surface area contributed by atoms with E-state index in [-0.39, 0.29) is 0 Å². The topological polar surface area (TPSA) is 18.5 Å². The molecule has 112 valence electrons. The minimum absolute atomic E-state index is 0.715. The Labute approximate surface area is 119 Å². The average molecular weight is 267 g/mol. The highest BCUT2D eigenvalue weighted by atomic mass is 15.3. The second-order valence-corrected chi connectivity index (χ2v) is 7.13. The smallest absolute Gasteiger partial charge is 0.0113 e. The fourth-order valence-electron chi connectivity index (χ4n) is 3.04. The standard InChI is InChI=1S/C16H33N3/c1-13(2)12-18-7-9-19(10-8-18)15(4)14(3)11-17-16-5-6-16/h13-17H,5-12H2,1-4H3. The number of nitrogens with zero attached hydrogens (tertiary/aromatic N) is 2. The first-order chi connectivity index (χ1) is 9.06. The van der Waals surface area contributed by atoms with Crippen molar-refractivity contribution in [1.29, 1.82) is 0 Å². The zero-order chi connectivity index (χ0) is 13.8. The third-order valence-corrected chi connectivity index (χ3v) is 4.74. The van der Waals surface area contributed by atoms with E-state index in [4.69, 9.17) is 0 Å². The Morgan fingerprint density at radius 3 is 2.16 bits per heavy atom. The minimum atomic E-state index is 0.715. The van der Waals surface area contributed by atoms with Crippen molar-refractivity contribution in [3.8, 4) is 0 Å². The number of hydrogen-bond acceptors (Lipinski definition) is 3. The molecule has 3 nitrogen and oxygen atoms in total. The number of rotatable bonds is 7. The van der Waals surface area contributed by atoms with Crippen molar-refractivity contribution < 1.29 is 0 Å². The fourth-order valence-corrected chi connectivity index (χ4v) is 3.04. The Balaban J connectivity index is 1.67. The van der Waals surface area contributed by atoms with Gasteiger partial charge < -0.3 is 10.2 Å². The van der Waals surface area contributed by atoms with Crippen LogP contribution in [0.15, 0.2) is 0 Å². The quantitative estimate of drug-likeness (QED) is 0.761. The molecule has 1 aliphatic carbocycles. The van der Waals surface area contributed by atoms with Crippen LogP contribution in [0.25, 0.3) is 0 Å². The predicted octanol–water partition coefficient (Wildman–Crippen LogP) is 2.04. The van der Waals surface area contributed by atoms with Gasteiger partial charge in [-0.15, -0.1) is 0 Å². The van der Waals surface area contributed by atoms with Gasteiger partial charge in [0.15, 0.2) is 0 Å². The van der Waals surface area contributed by atoms with E-state index in [1.165, 1.54) is 52.1 Å². The van der Waals surface area contributed by atoms with Gasteiger partial charge in [-0.25, -0.2) is 0 Å². The van der Waals surface area contributed by atoms with E-state index in [1.54, 1.807) is 0 Å². The summed E-state index contributed by atoms with van der Waals surface area (Å²) in [5, 5.41) is 3.67. The summed E-state index contributed by atoms with van der Waals surface area (Å²) in [6, 6.07) is 1.56. The van der Waals surface area contributed by atoms with Crippen LogP contribution in [0.2, 0.25) is 0 Å². The fraction of sp³-hybridized carbons (Fsp3) is 1.00. The first kappa shape index (κ1) is 15.3. The van der Waals surface area contributed by atoms with Crippen molar-refractivity contribution in [1.82, 2.24) is 15.1 Å². The third kappa shape index (κ3) is 5.05. The van der Waals surface area contributed by atoms with Gasteiger partial charge in [0.1, 0.15) is 0 Å². The minimum Gasteiger partial charge on any atom is -0.314 e. The van der Waals surface area contributed by atoms with Crippen LogP contribution in [0.5, 0.6) is 0 Å². The molecule has 2 unspecified atom stereocenters. The van der Waals surface area contributed by atoms with E-state index < -0.39 is 0 Å². The normalized spacial score (nSPS) is 25.7. The maximum atomic E-state index is 3.67. The Morgan fingerprint density at radius 1 is 1.00 bits per heavy atom. The summed E-state index contributed by atoms with van der Waals surface area (Å²) >= 11 is 0. The molecule has 2 fully saturated rings. The van der Waals surface area contributed by atoms with Gasteiger partial charge in [0.25, 0.3) is 0 Å². The molecule has 1 heterocycles. The molecule has 1 saturated heterocycles. The van der Waals surface area contributed by atoms with E-state index in [1.807, 2.05) is 0 Å². The summed E-state index contributed by atoms with van der Waals surface area (Å²) in [7, 11) is 0. The van der Waals surface area contributed by atoms with Crippen molar-refractivity contribution in [2.45, 2.75) is 52.6 Å². The van der Waals surface area contributed by atoms with Crippen molar-refractivity contribution >= 4 is 0 Å². The molecule has 0 amide bonds. The molecule has 0 aromatic carbocycles. The molecule has 1 aliphatic heterocycles. The van der Waals surface area contributed by atoms with Gasteiger partial charge in [-0.1, -0.05) is 20.8 Å². The van der Waals surface area contributed by atoms with Gasteiger partial charge in [-0.05, 0) is 38.1 Å². The second kappa shape index (κ2) is 7.05. The first-order valence-electron chi connectivity index (χ1n) is 8.26. The molecule has 0 bridgehead atoms. The van der Waals surface area contributed by atoms with Crippen LogP contribution < -0.4 is 5.32 Å². The van der Waals surface area contributed by atoms with Crippen LogP contribution >= 0.6 is 0 Å². The zero-order valence-electron chi connectivity index (χ0n) is 13.4. The lowest BCUT2D eigenvalue weighted by atomic mass is 10.0. The van der Waals surface area contributed by atoms with Crippen molar-refractivity contribution in [2.75, 3.05) is 39.3 Å². The van der Waals surface area contributed by atoms with Gasteiger partial charge in [-0.2, -0.15) is 0 Å². The van der Waals surface area contributed by atoms with Crippen LogP contribution in [0.1, 0.15) is 40.5 Å².